The van der Waals surface area contributed by atoms with E-state index in [2.05, 4.69) is 19.1 Å². The quantitative estimate of drug-likeness (QED) is 0.0559. The summed E-state index contributed by atoms with van der Waals surface area (Å²) in [7, 11) is 0. The van der Waals surface area contributed by atoms with Crippen molar-refractivity contribution in [2.75, 3.05) is 13.2 Å². The van der Waals surface area contributed by atoms with Gasteiger partial charge in [-0.15, -0.1) is 0 Å². The van der Waals surface area contributed by atoms with Crippen LogP contribution in [0, 0.1) is 0 Å². The maximum Gasteiger partial charge on any atom is 0.305 e. The highest BCUT2D eigenvalue weighted by Gasteiger charge is 2.02. The van der Waals surface area contributed by atoms with Gasteiger partial charge in [0.25, 0.3) is 0 Å². The fourth-order valence-corrected chi connectivity index (χ4v) is 4.93. The maximum atomic E-state index is 11.9. The number of ether oxygens (including phenoxy) is 1. The van der Waals surface area contributed by atoms with Crippen molar-refractivity contribution in [3.63, 3.8) is 0 Å². The Bertz CT molecular complexity index is 460. The normalized spacial score (nSPS) is 11.5. The van der Waals surface area contributed by atoms with Gasteiger partial charge >= 0.3 is 5.97 Å². The zero-order valence-corrected chi connectivity index (χ0v) is 25.1. The second kappa shape index (κ2) is 33.2. The van der Waals surface area contributed by atoms with Crippen molar-refractivity contribution in [3.8, 4) is 0 Å². The van der Waals surface area contributed by atoms with E-state index >= 15 is 0 Å². The van der Waals surface area contributed by atoms with Crippen LogP contribution in [0.5, 0.6) is 0 Å². The number of allylic oxidation sites excluding steroid dienone is 2. The summed E-state index contributed by atoms with van der Waals surface area (Å²) in [5.41, 5.74) is 0. The molecular weight excluding hydrogens is 456 g/mol. The van der Waals surface area contributed by atoms with Crippen LogP contribution in [0.15, 0.2) is 12.2 Å². The fraction of sp³-hybridized carbons (Fsp3) is 0.912. The molecule has 0 heterocycles. The van der Waals surface area contributed by atoms with Crippen molar-refractivity contribution in [1.82, 2.24) is 0 Å². The molecule has 0 spiro atoms. The first-order valence-corrected chi connectivity index (χ1v) is 16.7. The maximum absolute atomic E-state index is 11.9. The Kier molecular flexibility index (Phi) is 32.5. The van der Waals surface area contributed by atoms with E-state index in [1.54, 1.807) is 0 Å². The summed E-state index contributed by atoms with van der Waals surface area (Å²) in [6.45, 7) is 3.23. The van der Waals surface area contributed by atoms with Crippen LogP contribution in [-0.2, 0) is 9.53 Å². The van der Waals surface area contributed by atoms with Crippen LogP contribution >= 0.6 is 0 Å². The van der Waals surface area contributed by atoms with Gasteiger partial charge in [0.2, 0.25) is 0 Å². The van der Waals surface area contributed by atoms with Crippen LogP contribution in [0.3, 0.4) is 0 Å². The molecule has 0 aliphatic heterocycles. The molecule has 220 valence electrons. The predicted molar refractivity (Wildman–Crippen MR) is 162 cm³/mol. The average Bonchev–Trinajstić information content (AvgIpc) is 2.90. The van der Waals surface area contributed by atoms with Crippen molar-refractivity contribution in [1.29, 1.82) is 0 Å². The van der Waals surface area contributed by atoms with Gasteiger partial charge in [-0.3, -0.25) is 4.79 Å². The van der Waals surface area contributed by atoms with Crippen LogP contribution in [0.2, 0.25) is 0 Å². The van der Waals surface area contributed by atoms with E-state index in [1.165, 1.54) is 148 Å². The summed E-state index contributed by atoms with van der Waals surface area (Å²) >= 11 is 0. The van der Waals surface area contributed by atoms with Crippen molar-refractivity contribution in [2.45, 2.75) is 187 Å². The van der Waals surface area contributed by atoms with Gasteiger partial charge in [-0.05, 0) is 44.9 Å². The Labute approximate surface area is 232 Å². The number of aliphatic hydroxyl groups excluding tert-OH is 1. The molecule has 0 atom stereocenters. The second-order valence-corrected chi connectivity index (χ2v) is 11.2. The van der Waals surface area contributed by atoms with E-state index in [0.717, 1.165) is 25.7 Å². The highest BCUT2D eigenvalue weighted by molar-refractivity contribution is 5.69. The molecule has 0 saturated heterocycles. The third-order valence-corrected chi connectivity index (χ3v) is 7.46. The van der Waals surface area contributed by atoms with E-state index in [4.69, 9.17) is 9.84 Å². The Balaban J connectivity index is 3.18. The summed E-state index contributed by atoms with van der Waals surface area (Å²) in [4.78, 5) is 11.9. The molecule has 0 aliphatic rings. The summed E-state index contributed by atoms with van der Waals surface area (Å²) in [5.74, 6) is 0.00624. The molecule has 0 radical (unpaired) electrons. The van der Waals surface area contributed by atoms with E-state index in [9.17, 15) is 4.79 Å². The number of hydrogen-bond donors (Lipinski definition) is 1. The number of hydrogen-bond acceptors (Lipinski definition) is 3. The van der Waals surface area contributed by atoms with Crippen LogP contribution < -0.4 is 0 Å². The molecule has 0 unspecified atom stereocenters. The largest absolute Gasteiger partial charge is 0.466 e. The summed E-state index contributed by atoms with van der Waals surface area (Å²) in [6, 6.07) is 0. The van der Waals surface area contributed by atoms with E-state index < -0.39 is 0 Å². The first-order valence-electron chi connectivity index (χ1n) is 16.7. The summed E-state index contributed by atoms with van der Waals surface area (Å²) < 4.78 is 5.41. The molecule has 3 heteroatoms. The van der Waals surface area contributed by atoms with Gasteiger partial charge in [0.15, 0.2) is 0 Å². The third kappa shape index (κ3) is 33.1. The first kappa shape index (κ1) is 36.2. The van der Waals surface area contributed by atoms with Crippen LogP contribution in [-0.4, -0.2) is 24.3 Å². The molecule has 0 bridgehead atoms. The van der Waals surface area contributed by atoms with Crippen molar-refractivity contribution in [2.24, 2.45) is 0 Å². The topological polar surface area (TPSA) is 46.5 Å². The number of rotatable bonds is 31. The minimum atomic E-state index is 0.00624. The van der Waals surface area contributed by atoms with Gasteiger partial charge in [0.1, 0.15) is 0 Å². The van der Waals surface area contributed by atoms with Gasteiger partial charge in [-0.2, -0.15) is 0 Å². The second-order valence-electron chi connectivity index (χ2n) is 11.2. The van der Waals surface area contributed by atoms with Gasteiger partial charge in [0.05, 0.1) is 6.61 Å². The third-order valence-electron chi connectivity index (χ3n) is 7.46. The summed E-state index contributed by atoms with van der Waals surface area (Å²) in [5, 5.41) is 8.77. The molecule has 37 heavy (non-hydrogen) atoms. The monoisotopic (exact) mass is 523 g/mol. The highest BCUT2D eigenvalue weighted by Crippen LogP contribution is 2.13. The van der Waals surface area contributed by atoms with Crippen LogP contribution in [0.1, 0.15) is 187 Å². The van der Waals surface area contributed by atoms with Crippen LogP contribution in [0.4, 0.5) is 0 Å². The Morgan fingerprint density at radius 1 is 0.514 bits per heavy atom. The lowest BCUT2D eigenvalue weighted by atomic mass is 10.1. The lowest BCUT2D eigenvalue weighted by Gasteiger charge is -2.05. The Hall–Kier alpha value is -0.830. The lowest BCUT2D eigenvalue weighted by molar-refractivity contribution is -0.143. The standard InChI is InChI=1S/C34H66O3/c1-2-3-4-5-6-7-8-9-10-11-12-13-16-19-22-25-28-31-34(36)37-33-30-27-24-21-18-15-14-17-20-23-26-29-32-35/h9-10,35H,2-8,11-33H2,1H3. The number of carbonyl (C=O) groups is 1. The van der Waals surface area contributed by atoms with E-state index in [1.807, 2.05) is 0 Å². The molecule has 0 saturated carbocycles. The molecule has 0 fully saturated rings. The van der Waals surface area contributed by atoms with Crippen molar-refractivity contribution < 1.29 is 14.6 Å². The van der Waals surface area contributed by atoms with Gasteiger partial charge in [-0.25, -0.2) is 0 Å². The molecular formula is C34H66O3. The molecule has 0 rings (SSSR count). The van der Waals surface area contributed by atoms with E-state index in [0.29, 0.717) is 19.6 Å². The Morgan fingerprint density at radius 2 is 0.892 bits per heavy atom. The molecule has 0 aromatic rings. The number of aliphatic hydroxyl groups is 1. The lowest BCUT2D eigenvalue weighted by Crippen LogP contribution is -2.05. The van der Waals surface area contributed by atoms with Gasteiger partial charge < -0.3 is 9.84 Å². The average molecular weight is 523 g/mol. The molecule has 0 aromatic carbocycles. The number of unbranched alkanes of at least 4 members (excludes halogenated alkanes) is 24. The van der Waals surface area contributed by atoms with Crippen LogP contribution in [0.25, 0.3) is 0 Å². The molecule has 0 aliphatic carbocycles. The minimum absolute atomic E-state index is 0.00624. The zero-order chi connectivity index (χ0) is 26.9. The number of carbonyl (C=O) groups excluding carboxylic acids is 1. The SMILES string of the molecule is CCCCCCCCC=CCCCCCCCCCC(=O)OCCCCCCCCCCCCCCO. The summed E-state index contributed by atoms with van der Waals surface area (Å²) in [6.07, 6.45) is 39.9. The van der Waals surface area contributed by atoms with E-state index in [-0.39, 0.29) is 5.97 Å². The molecule has 3 nitrogen and oxygen atoms in total. The van der Waals surface area contributed by atoms with Gasteiger partial charge in [-0.1, -0.05) is 147 Å². The smallest absolute Gasteiger partial charge is 0.305 e. The molecule has 0 amide bonds. The zero-order valence-electron chi connectivity index (χ0n) is 25.1. The molecule has 1 N–H and O–H groups in total. The van der Waals surface area contributed by atoms with Crippen molar-refractivity contribution >= 4 is 5.97 Å². The molecule has 0 aromatic heterocycles. The first-order chi connectivity index (χ1) is 18.3. The minimum Gasteiger partial charge on any atom is -0.466 e. The fourth-order valence-electron chi connectivity index (χ4n) is 4.93. The number of esters is 1. The predicted octanol–water partition coefficient (Wildman–Crippen LogP) is 11.0. The Morgan fingerprint density at radius 3 is 1.35 bits per heavy atom. The highest BCUT2D eigenvalue weighted by atomic mass is 16.5. The van der Waals surface area contributed by atoms with Gasteiger partial charge in [0, 0.05) is 13.0 Å². The van der Waals surface area contributed by atoms with Crippen molar-refractivity contribution in [3.05, 3.63) is 12.2 Å².